The Balaban J connectivity index is 1.89. The van der Waals surface area contributed by atoms with Gasteiger partial charge in [-0.2, -0.15) is 17.7 Å². The van der Waals surface area contributed by atoms with Gasteiger partial charge in [0.05, 0.1) is 0 Å². The topological polar surface area (TPSA) is 114 Å². The zero-order chi connectivity index (χ0) is 14.6. The number of nitrogens with one attached hydrogen (secondary N) is 1. The summed E-state index contributed by atoms with van der Waals surface area (Å²) in [6, 6.07) is -0.105. The molecule has 2 heterocycles. The number of aryl methyl sites for hydroxylation is 1. The van der Waals surface area contributed by atoms with Gasteiger partial charge < -0.3 is 10.3 Å². The molecule has 1 aromatic rings. The zero-order valence-corrected chi connectivity index (χ0v) is 12.4. The SMILES string of the molecule is Cc1noc(CCNS(=O)(=O)N2CCCCC2CN)n1. The minimum atomic E-state index is -3.49. The van der Waals surface area contributed by atoms with Crippen LogP contribution in [0.1, 0.15) is 31.0 Å². The van der Waals surface area contributed by atoms with Crippen molar-refractivity contribution in [1.82, 2.24) is 19.2 Å². The summed E-state index contributed by atoms with van der Waals surface area (Å²) in [7, 11) is -3.49. The molecule has 20 heavy (non-hydrogen) atoms. The first-order chi connectivity index (χ1) is 9.53. The lowest BCUT2D eigenvalue weighted by Gasteiger charge is -2.33. The first kappa shape index (κ1) is 15.4. The largest absolute Gasteiger partial charge is 0.339 e. The Morgan fingerprint density at radius 3 is 2.95 bits per heavy atom. The lowest BCUT2D eigenvalue weighted by molar-refractivity contribution is 0.254. The molecule has 1 aliphatic heterocycles. The average molecular weight is 303 g/mol. The van der Waals surface area contributed by atoms with E-state index >= 15 is 0 Å². The van der Waals surface area contributed by atoms with Crippen LogP contribution in [-0.4, -0.2) is 48.5 Å². The van der Waals surface area contributed by atoms with Crippen molar-refractivity contribution in [2.75, 3.05) is 19.6 Å². The Labute approximate surface area is 118 Å². The predicted octanol–water partition coefficient (Wildman–Crippen LogP) is -0.432. The Hall–Kier alpha value is -1.03. The van der Waals surface area contributed by atoms with Gasteiger partial charge in [0.1, 0.15) is 0 Å². The number of rotatable bonds is 6. The molecule has 0 aromatic carbocycles. The van der Waals surface area contributed by atoms with Gasteiger partial charge in [-0.1, -0.05) is 11.6 Å². The van der Waals surface area contributed by atoms with Crippen LogP contribution in [0.25, 0.3) is 0 Å². The van der Waals surface area contributed by atoms with Gasteiger partial charge in [-0.25, -0.2) is 4.72 Å². The fourth-order valence-electron chi connectivity index (χ4n) is 2.34. The van der Waals surface area contributed by atoms with E-state index in [1.807, 2.05) is 0 Å². The average Bonchev–Trinajstić information content (AvgIpc) is 2.84. The van der Waals surface area contributed by atoms with Crippen molar-refractivity contribution < 1.29 is 12.9 Å². The maximum atomic E-state index is 12.2. The summed E-state index contributed by atoms with van der Waals surface area (Å²) in [5.41, 5.74) is 5.65. The number of nitrogens with zero attached hydrogens (tertiary/aromatic N) is 3. The zero-order valence-electron chi connectivity index (χ0n) is 11.6. The van der Waals surface area contributed by atoms with E-state index in [1.54, 1.807) is 6.92 Å². The number of aromatic nitrogens is 2. The molecular weight excluding hydrogens is 282 g/mol. The van der Waals surface area contributed by atoms with Crippen LogP contribution < -0.4 is 10.5 Å². The van der Waals surface area contributed by atoms with Gasteiger partial charge in [0, 0.05) is 32.1 Å². The van der Waals surface area contributed by atoms with Gasteiger partial charge >= 0.3 is 0 Å². The number of hydrogen-bond donors (Lipinski definition) is 2. The van der Waals surface area contributed by atoms with Gasteiger partial charge in [-0.3, -0.25) is 0 Å². The third kappa shape index (κ3) is 3.75. The minimum absolute atomic E-state index is 0.105. The molecular formula is C11H21N5O3S. The molecule has 0 aliphatic carbocycles. The smallest absolute Gasteiger partial charge is 0.279 e. The molecule has 9 heteroatoms. The van der Waals surface area contributed by atoms with Crippen LogP contribution in [0.4, 0.5) is 0 Å². The molecule has 1 aliphatic rings. The first-order valence-electron chi connectivity index (χ1n) is 6.78. The Kier molecular flexibility index (Phi) is 5.08. The highest BCUT2D eigenvalue weighted by molar-refractivity contribution is 7.87. The van der Waals surface area contributed by atoms with Crippen LogP contribution >= 0.6 is 0 Å². The van der Waals surface area contributed by atoms with E-state index in [-0.39, 0.29) is 12.6 Å². The molecule has 8 nitrogen and oxygen atoms in total. The van der Waals surface area contributed by atoms with Gasteiger partial charge in [0.15, 0.2) is 5.82 Å². The molecule has 0 amide bonds. The van der Waals surface area contributed by atoms with Gasteiger partial charge in [-0.15, -0.1) is 0 Å². The fourth-order valence-corrected chi connectivity index (χ4v) is 3.82. The Morgan fingerprint density at radius 1 is 1.50 bits per heavy atom. The third-order valence-electron chi connectivity index (χ3n) is 3.35. The van der Waals surface area contributed by atoms with E-state index in [2.05, 4.69) is 14.9 Å². The van der Waals surface area contributed by atoms with E-state index in [0.717, 1.165) is 19.3 Å². The maximum absolute atomic E-state index is 12.2. The van der Waals surface area contributed by atoms with Crippen molar-refractivity contribution in [3.05, 3.63) is 11.7 Å². The van der Waals surface area contributed by atoms with Gasteiger partial charge in [-0.05, 0) is 19.8 Å². The van der Waals surface area contributed by atoms with E-state index in [4.69, 9.17) is 10.3 Å². The first-order valence-corrected chi connectivity index (χ1v) is 8.22. The van der Waals surface area contributed by atoms with Crippen LogP contribution in [0.3, 0.4) is 0 Å². The molecule has 0 radical (unpaired) electrons. The molecule has 0 bridgehead atoms. The normalized spacial score (nSPS) is 21.2. The summed E-state index contributed by atoms with van der Waals surface area (Å²) in [6.45, 7) is 2.83. The van der Waals surface area contributed by atoms with Crippen LogP contribution in [0, 0.1) is 6.92 Å². The van der Waals surface area contributed by atoms with E-state index in [1.165, 1.54) is 4.31 Å². The molecule has 1 fully saturated rings. The number of nitrogens with two attached hydrogens (primary N) is 1. The van der Waals surface area contributed by atoms with Crippen molar-refractivity contribution in [3.8, 4) is 0 Å². The van der Waals surface area contributed by atoms with E-state index < -0.39 is 10.2 Å². The monoisotopic (exact) mass is 303 g/mol. The highest BCUT2D eigenvalue weighted by Gasteiger charge is 2.30. The Morgan fingerprint density at radius 2 is 2.30 bits per heavy atom. The third-order valence-corrected chi connectivity index (χ3v) is 5.01. The van der Waals surface area contributed by atoms with Crippen molar-refractivity contribution in [2.45, 2.75) is 38.6 Å². The van der Waals surface area contributed by atoms with Crippen LogP contribution in [0.2, 0.25) is 0 Å². The molecule has 2 rings (SSSR count). The van der Waals surface area contributed by atoms with E-state index in [9.17, 15) is 8.42 Å². The molecule has 0 saturated carbocycles. The van der Waals surface area contributed by atoms with Crippen LogP contribution in [0.15, 0.2) is 4.52 Å². The second-order valence-electron chi connectivity index (χ2n) is 4.88. The summed E-state index contributed by atoms with van der Waals surface area (Å²) < 4.78 is 33.5. The lowest BCUT2D eigenvalue weighted by atomic mass is 10.1. The van der Waals surface area contributed by atoms with Crippen molar-refractivity contribution in [3.63, 3.8) is 0 Å². The second kappa shape index (κ2) is 6.61. The van der Waals surface area contributed by atoms with E-state index in [0.29, 0.717) is 31.2 Å². The van der Waals surface area contributed by atoms with Gasteiger partial charge in [0.25, 0.3) is 10.2 Å². The molecule has 1 atom stereocenters. The number of piperidine rings is 1. The standard InChI is InChI=1S/C11H21N5O3S/c1-9-14-11(19-15-9)5-6-13-20(17,18)16-7-3-2-4-10(16)8-12/h10,13H,2-8,12H2,1H3. The highest BCUT2D eigenvalue weighted by Crippen LogP contribution is 2.18. The summed E-state index contributed by atoms with van der Waals surface area (Å²) in [4.78, 5) is 4.03. The quantitative estimate of drug-likeness (QED) is 0.737. The predicted molar refractivity (Wildman–Crippen MR) is 73.1 cm³/mol. The molecule has 1 unspecified atom stereocenters. The highest BCUT2D eigenvalue weighted by atomic mass is 32.2. The molecule has 1 aromatic heterocycles. The fraction of sp³-hybridized carbons (Fsp3) is 0.818. The van der Waals surface area contributed by atoms with Crippen LogP contribution in [-0.2, 0) is 16.6 Å². The second-order valence-corrected chi connectivity index (χ2v) is 6.59. The van der Waals surface area contributed by atoms with Crippen molar-refractivity contribution in [1.29, 1.82) is 0 Å². The van der Waals surface area contributed by atoms with Gasteiger partial charge in [0.2, 0.25) is 5.89 Å². The van der Waals surface area contributed by atoms with Crippen molar-refractivity contribution >= 4 is 10.2 Å². The molecule has 1 saturated heterocycles. The maximum Gasteiger partial charge on any atom is 0.279 e. The summed E-state index contributed by atoms with van der Waals surface area (Å²) in [6.07, 6.45) is 3.09. The lowest BCUT2D eigenvalue weighted by Crippen LogP contribution is -2.51. The number of hydrogen-bond acceptors (Lipinski definition) is 6. The summed E-state index contributed by atoms with van der Waals surface area (Å²) in [5.74, 6) is 0.973. The molecule has 3 N–H and O–H groups in total. The molecule has 114 valence electrons. The molecule has 0 spiro atoms. The minimum Gasteiger partial charge on any atom is -0.339 e. The van der Waals surface area contributed by atoms with Crippen molar-refractivity contribution in [2.24, 2.45) is 5.73 Å². The summed E-state index contributed by atoms with van der Waals surface area (Å²) >= 11 is 0. The Bertz CT molecular complexity index is 530. The summed E-state index contributed by atoms with van der Waals surface area (Å²) in [5, 5.41) is 3.66. The van der Waals surface area contributed by atoms with Crippen LogP contribution in [0.5, 0.6) is 0 Å².